The zero-order chi connectivity index (χ0) is 13.1. The van der Waals surface area contributed by atoms with Crippen molar-refractivity contribution in [3.63, 3.8) is 0 Å². The Kier molecular flexibility index (Phi) is 3.81. The molecule has 0 aliphatic rings. The molecule has 0 amide bonds. The third kappa shape index (κ3) is 2.61. The van der Waals surface area contributed by atoms with Crippen molar-refractivity contribution in [3.8, 4) is 0 Å². The van der Waals surface area contributed by atoms with Crippen LogP contribution in [0.3, 0.4) is 0 Å². The normalized spacial score (nSPS) is 11.1. The van der Waals surface area contributed by atoms with E-state index in [0.29, 0.717) is 0 Å². The van der Waals surface area contributed by atoms with Gasteiger partial charge < -0.3 is 5.32 Å². The standard InChI is InChI=1S/C13H21N5/c1-5-18-9-13(10(2)16-18)7-14-6-12-8-15-17(4)11(12)3/h8-9,14H,5-7H2,1-4H3. The summed E-state index contributed by atoms with van der Waals surface area (Å²) in [5.74, 6) is 0. The lowest BCUT2D eigenvalue weighted by atomic mass is 10.2. The van der Waals surface area contributed by atoms with Gasteiger partial charge in [-0.3, -0.25) is 9.36 Å². The fourth-order valence-corrected chi connectivity index (χ4v) is 1.94. The van der Waals surface area contributed by atoms with Crippen LogP contribution in [0.25, 0.3) is 0 Å². The molecule has 0 atom stereocenters. The number of aryl methyl sites for hydroxylation is 3. The van der Waals surface area contributed by atoms with Gasteiger partial charge in [-0.25, -0.2) is 0 Å². The van der Waals surface area contributed by atoms with E-state index in [-0.39, 0.29) is 0 Å². The summed E-state index contributed by atoms with van der Waals surface area (Å²) in [5.41, 5.74) is 4.83. The van der Waals surface area contributed by atoms with Gasteiger partial charge in [-0.2, -0.15) is 10.2 Å². The number of hydrogen-bond acceptors (Lipinski definition) is 3. The van der Waals surface area contributed by atoms with Crippen molar-refractivity contribution in [1.82, 2.24) is 24.9 Å². The van der Waals surface area contributed by atoms with E-state index in [0.717, 1.165) is 25.3 Å². The molecule has 0 spiro atoms. The quantitative estimate of drug-likeness (QED) is 0.872. The van der Waals surface area contributed by atoms with Crippen LogP contribution in [0, 0.1) is 13.8 Å². The molecule has 98 valence electrons. The monoisotopic (exact) mass is 247 g/mol. The second kappa shape index (κ2) is 5.35. The number of hydrogen-bond donors (Lipinski definition) is 1. The zero-order valence-electron chi connectivity index (χ0n) is 11.6. The first-order valence-electron chi connectivity index (χ1n) is 6.33. The lowest BCUT2D eigenvalue weighted by Gasteiger charge is -2.03. The van der Waals surface area contributed by atoms with Gasteiger partial charge in [-0.1, -0.05) is 0 Å². The summed E-state index contributed by atoms with van der Waals surface area (Å²) >= 11 is 0. The second-order valence-electron chi connectivity index (χ2n) is 4.58. The van der Waals surface area contributed by atoms with Crippen molar-refractivity contribution in [2.45, 2.75) is 40.4 Å². The van der Waals surface area contributed by atoms with Crippen LogP contribution in [0.4, 0.5) is 0 Å². The van der Waals surface area contributed by atoms with E-state index < -0.39 is 0 Å². The summed E-state index contributed by atoms with van der Waals surface area (Å²) in [4.78, 5) is 0. The van der Waals surface area contributed by atoms with Gasteiger partial charge in [0.15, 0.2) is 0 Å². The Morgan fingerprint density at radius 2 is 1.94 bits per heavy atom. The highest BCUT2D eigenvalue weighted by atomic mass is 15.3. The number of nitrogens with zero attached hydrogens (tertiary/aromatic N) is 4. The van der Waals surface area contributed by atoms with E-state index in [1.54, 1.807) is 0 Å². The van der Waals surface area contributed by atoms with E-state index in [4.69, 9.17) is 0 Å². The molecule has 0 fully saturated rings. The number of aromatic nitrogens is 4. The minimum absolute atomic E-state index is 0.844. The van der Waals surface area contributed by atoms with Gasteiger partial charge in [0.2, 0.25) is 0 Å². The average Bonchev–Trinajstić information content (AvgIpc) is 2.87. The molecule has 0 aliphatic carbocycles. The van der Waals surface area contributed by atoms with Crippen molar-refractivity contribution in [2.24, 2.45) is 7.05 Å². The summed E-state index contributed by atoms with van der Waals surface area (Å²) in [6.45, 7) is 8.85. The Balaban J connectivity index is 1.92. The highest BCUT2D eigenvalue weighted by molar-refractivity contribution is 5.17. The second-order valence-corrected chi connectivity index (χ2v) is 4.58. The molecule has 0 radical (unpaired) electrons. The molecule has 1 N–H and O–H groups in total. The Morgan fingerprint density at radius 3 is 2.50 bits per heavy atom. The van der Waals surface area contributed by atoms with Crippen LogP contribution in [-0.2, 0) is 26.7 Å². The van der Waals surface area contributed by atoms with Gasteiger partial charge >= 0.3 is 0 Å². The van der Waals surface area contributed by atoms with Crippen LogP contribution in [0.5, 0.6) is 0 Å². The van der Waals surface area contributed by atoms with Crippen LogP contribution in [0.15, 0.2) is 12.4 Å². The van der Waals surface area contributed by atoms with E-state index in [1.807, 2.05) is 22.6 Å². The van der Waals surface area contributed by atoms with Gasteiger partial charge in [-0.15, -0.1) is 0 Å². The molecule has 0 saturated heterocycles. The molecule has 5 nitrogen and oxygen atoms in total. The summed E-state index contributed by atoms with van der Waals surface area (Å²) in [7, 11) is 1.97. The number of nitrogens with one attached hydrogen (secondary N) is 1. The molecule has 2 aromatic rings. The third-order valence-electron chi connectivity index (χ3n) is 3.34. The predicted octanol–water partition coefficient (Wildman–Crippen LogP) is 1.54. The van der Waals surface area contributed by atoms with Gasteiger partial charge in [0.05, 0.1) is 11.9 Å². The van der Waals surface area contributed by atoms with Crippen molar-refractivity contribution in [3.05, 3.63) is 34.9 Å². The predicted molar refractivity (Wildman–Crippen MR) is 71.1 cm³/mol. The fraction of sp³-hybridized carbons (Fsp3) is 0.538. The lowest BCUT2D eigenvalue weighted by Crippen LogP contribution is -2.13. The lowest BCUT2D eigenvalue weighted by molar-refractivity contribution is 0.651. The molecular formula is C13H21N5. The summed E-state index contributed by atoms with van der Waals surface area (Å²) in [6.07, 6.45) is 4.03. The molecule has 2 heterocycles. The molecule has 2 rings (SSSR count). The molecule has 0 aromatic carbocycles. The molecule has 0 saturated carbocycles. The largest absolute Gasteiger partial charge is 0.308 e. The first-order chi connectivity index (χ1) is 8.61. The SMILES string of the molecule is CCn1cc(CNCc2cnn(C)c2C)c(C)n1. The highest BCUT2D eigenvalue weighted by Gasteiger charge is 2.05. The molecule has 5 heteroatoms. The molecule has 0 unspecified atom stereocenters. The summed E-state index contributed by atoms with van der Waals surface area (Å²) in [6, 6.07) is 0. The first-order valence-corrected chi connectivity index (χ1v) is 6.33. The Hall–Kier alpha value is -1.62. The molecule has 0 aliphatic heterocycles. The van der Waals surface area contributed by atoms with Crippen LogP contribution in [-0.4, -0.2) is 19.6 Å². The van der Waals surface area contributed by atoms with Crippen molar-refractivity contribution >= 4 is 0 Å². The van der Waals surface area contributed by atoms with Crippen LogP contribution < -0.4 is 5.32 Å². The first kappa shape index (κ1) is 12.8. The van der Waals surface area contributed by atoms with Crippen LogP contribution in [0.1, 0.15) is 29.4 Å². The molecule has 2 aromatic heterocycles. The fourth-order valence-electron chi connectivity index (χ4n) is 1.94. The van der Waals surface area contributed by atoms with E-state index in [9.17, 15) is 0 Å². The van der Waals surface area contributed by atoms with Gasteiger partial charge in [0.25, 0.3) is 0 Å². The zero-order valence-corrected chi connectivity index (χ0v) is 11.6. The van der Waals surface area contributed by atoms with Crippen LogP contribution in [0.2, 0.25) is 0 Å². The molecule has 18 heavy (non-hydrogen) atoms. The topological polar surface area (TPSA) is 47.7 Å². The smallest absolute Gasteiger partial charge is 0.0638 e. The van der Waals surface area contributed by atoms with Crippen molar-refractivity contribution < 1.29 is 0 Å². The maximum absolute atomic E-state index is 4.44. The minimum Gasteiger partial charge on any atom is -0.308 e. The minimum atomic E-state index is 0.844. The third-order valence-corrected chi connectivity index (χ3v) is 3.34. The number of rotatable bonds is 5. The van der Waals surface area contributed by atoms with E-state index in [1.165, 1.54) is 16.8 Å². The average molecular weight is 247 g/mol. The maximum atomic E-state index is 4.44. The molecular weight excluding hydrogens is 226 g/mol. The summed E-state index contributed by atoms with van der Waals surface area (Å²) < 4.78 is 3.87. The Bertz CT molecular complexity index is 523. The van der Waals surface area contributed by atoms with Gasteiger partial charge in [0, 0.05) is 49.7 Å². The van der Waals surface area contributed by atoms with E-state index in [2.05, 4.69) is 42.5 Å². The summed E-state index contributed by atoms with van der Waals surface area (Å²) in [5, 5.41) is 12.1. The molecule has 0 bridgehead atoms. The highest BCUT2D eigenvalue weighted by Crippen LogP contribution is 2.08. The maximum Gasteiger partial charge on any atom is 0.0638 e. The van der Waals surface area contributed by atoms with E-state index >= 15 is 0 Å². The van der Waals surface area contributed by atoms with Gasteiger partial charge in [-0.05, 0) is 20.8 Å². The Morgan fingerprint density at radius 1 is 1.22 bits per heavy atom. The van der Waals surface area contributed by atoms with Crippen LogP contribution >= 0.6 is 0 Å². The Labute approximate surface area is 108 Å². The van der Waals surface area contributed by atoms with Crippen molar-refractivity contribution in [2.75, 3.05) is 0 Å². The van der Waals surface area contributed by atoms with Gasteiger partial charge in [0.1, 0.15) is 0 Å². The van der Waals surface area contributed by atoms with Crippen molar-refractivity contribution in [1.29, 1.82) is 0 Å².